The fourth-order valence-corrected chi connectivity index (χ4v) is 5.38. The third-order valence-electron chi connectivity index (χ3n) is 6.70. The summed E-state index contributed by atoms with van der Waals surface area (Å²) < 4.78 is 5.45. The molecule has 2 amide bonds. The molecular formula is C26H27Cl2N5O3. The predicted molar refractivity (Wildman–Crippen MR) is 139 cm³/mol. The van der Waals surface area contributed by atoms with Crippen molar-refractivity contribution in [3.8, 4) is 11.4 Å². The molecule has 1 unspecified atom stereocenters. The molecule has 1 aromatic heterocycles. The summed E-state index contributed by atoms with van der Waals surface area (Å²) in [6.45, 7) is 4.62. The van der Waals surface area contributed by atoms with E-state index < -0.39 is 0 Å². The summed E-state index contributed by atoms with van der Waals surface area (Å²) in [5, 5.41) is 8.11. The molecule has 10 heteroatoms. The molecule has 2 fully saturated rings. The van der Waals surface area contributed by atoms with Crippen LogP contribution in [0.4, 0.5) is 11.4 Å². The summed E-state index contributed by atoms with van der Waals surface area (Å²) in [5.41, 5.74) is 3.29. The molecule has 1 N–H and O–H groups in total. The number of hydrogen-bond acceptors (Lipinski definition) is 6. The number of halogens is 2. The minimum Gasteiger partial charge on any atom is -0.338 e. The summed E-state index contributed by atoms with van der Waals surface area (Å²) in [4.78, 5) is 33.6. The SMILES string of the molecule is Cc1cc(NC(=O)C2CCCN(Cc3nc(-c4ccc(Cl)cc4Cl)no3)C2)ccc1N1CCCC1=O. The summed E-state index contributed by atoms with van der Waals surface area (Å²) in [6.07, 6.45) is 3.19. The van der Waals surface area contributed by atoms with E-state index in [9.17, 15) is 9.59 Å². The van der Waals surface area contributed by atoms with Gasteiger partial charge in [0, 0.05) is 41.5 Å². The molecular weight excluding hydrogens is 501 g/mol. The van der Waals surface area contributed by atoms with Crippen LogP contribution in [0.3, 0.4) is 0 Å². The number of carbonyl (C=O) groups is 2. The second-order valence-corrected chi connectivity index (χ2v) is 10.2. The van der Waals surface area contributed by atoms with Crippen molar-refractivity contribution in [3.63, 3.8) is 0 Å². The molecule has 0 radical (unpaired) electrons. The highest BCUT2D eigenvalue weighted by Gasteiger charge is 2.28. The minimum absolute atomic E-state index is 0.0109. The van der Waals surface area contributed by atoms with Crippen LogP contribution in [-0.2, 0) is 16.1 Å². The molecule has 188 valence electrons. The smallest absolute Gasteiger partial charge is 0.241 e. The zero-order valence-electron chi connectivity index (χ0n) is 20.0. The van der Waals surface area contributed by atoms with Gasteiger partial charge in [0.1, 0.15) is 0 Å². The lowest BCUT2D eigenvalue weighted by molar-refractivity contribution is -0.121. The van der Waals surface area contributed by atoms with Crippen LogP contribution in [0, 0.1) is 12.8 Å². The Labute approximate surface area is 219 Å². The normalized spacial score (nSPS) is 18.6. The fraction of sp³-hybridized carbons (Fsp3) is 0.385. The van der Waals surface area contributed by atoms with Crippen molar-refractivity contribution in [2.75, 3.05) is 29.9 Å². The van der Waals surface area contributed by atoms with Gasteiger partial charge >= 0.3 is 0 Å². The standard InChI is InChI=1S/C26H27Cl2N5O3/c1-16-12-19(7-9-22(16)33-11-3-5-24(33)34)29-26(35)17-4-2-10-32(14-17)15-23-30-25(31-36-23)20-8-6-18(27)13-21(20)28/h6-9,12-13,17H,2-5,10-11,14-15H2,1H3,(H,29,35). The Morgan fingerprint density at radius 3 is 2.78 bits per heavy atom. The van der Waals surface area contributed by atoms with Gasteiger partial charge in [-0.1, -0.05) is 28.4 Å². The van der Waals surface area contributed by atoms with Gasteiger partial charge in [-0.3, -0.25) is 14.5 Å². The third kappa shape index (κ3) is 5.40. The number of nitrogens with one attached hydrogen (secondary N) is 1. The molecule has 0 bridgehead atoms. The first-order chi connectivity index (χ1) is 17.4. The maximum atomic E-state index is 13.0. The maximum absolute atomic E-state index is 13.0. The quantitative estimate of drug-likeness (QED) is 0.465. The lowest BCUT2D eigenvalue weighted by atomic mass is 9.97. The number of rotatable bonds is 6. The number of piperidine rings is 1. The minimum atomic E-state index is -0.146. The number of nitrogens with zero attached hydrogens (tertiary/aromatic N) is 4. The van der Waals surface area contributed by atoms with Gasteiger partial charge in [-0.05, 0) is 74.7 Å². The summed E-state index contributed by atoms with van der Waals surface area (Å²) >= 11 is 12.2. The maximum Gasteiger partial charge on any atom is 0.241 e. The zero-order valence-corrected chi connectivity index (χ0v) is 21.5. The van der Waals surface area contributed by atoms with Crippen LogP contribution < -0.4 is 10.2 Å². The lowest BCUT2D eigenvalue weighted by Crippen LogP contribution is -2.40. The average Bonchev–Trinajstić information content (AvgIpc) is 3.48. The number of carbonyl (C=O) groups excluding carboxylic acids is 2. The lowest BCUT2D eigenvalue weighted by Gasteiger charge is -2.31. The first-order valence-corrected chi connectivity index (χ1v) is 12.9. The van der Waals surface area contributed by atoms with Crippen molar-refractivity contribution in [1.82, 2.24) is 15.0 Å². The number of hydrogen-bond donors (Lipinski definition) is 1. The molecule has 0 spiro atoms. The van der Waals surface area contributed by atoms with Crippen LogP contribution in [-0.4, -0.2) is 46.5 Å². The zero-order chi connectivity index (χ0) is 25.2. The number of aryl methyl sites for hydroxylation is 1. The molecule has 5 rings (SSSR count). The van der Waals surface area contributed by atoms with Crippen molar-refractivity contribution in [2.24, 2.45) is 5.92 Å². The van der Waals surface area contributed by atoms with Gasteiger partial charge in [0.05, 0.1) is 17.5 Å². The second-order valence-electron chi connectivity index (χ2n) is 9.35. The summed E-state index contributed by atoms with van der Waals surface area (Å²) in [6, 6.07) is 10.9. The van der Waals surface area contributed by atoms with E-state index in [2.05, 4.69) is 20.4 Å². The van der Waals surface area contributed by atoms with Gasteiger partial charge in [-0.15, -0.1) is 0 Å². The predicted octanol–water partition coefficient (Wildman–Crippen LogP) is 5.33. The Kier molecular flexibility index (Phi) is 7.27. The Bertz CT molecular complexity index is 1290. The Balaban J connectivity index is 1.19. The molecule has 2 saturated heterocycles. The molecule has 3 aromatic rings. The molecule has 2 aliphatic rings. The Morgan fingerprint density at radius 1 is 1.17 bits per heavy atom. The van der Waals surface area contributed by atoms with E-state index in [1.165, 1.54) is 0 Å². The molecule has 1 atom stereocenters. The first-order valence-electron chi connectivity index (χ1n) is 12.1. The van der Waals surface area contributed by atoms with E-state index in [0.717, 1.165) is 49.3 Å². The highest BCUT2D eigenvalue weighted by Crippen LogP contribution is 2.30. The Morgan fingerprint density at radius 2 is 2.03 bits per heavy atom. The van der Waals surface area contributed by atoms with Gasteiger partial charge in [0.25, 0.3) is 0 Å². The highest BCUT2D eigenvalue weighted by molar-refractivity contribution is 6.36. The van der Waals surface area contributed by atoms with Gasteiger partial charge in [-0.2, -0.15) is 4.98 Å². The molecule has 0 saturated carbocycles. The first kappa shape index (κ1) is 24.7. The average molecular weight is 528 g/mol. The Hall–Kier alpha value is -2.94. The summed E-state index contributed by atoms with van der Waals surface area (Å²) in [5.74, 6) is 0.879. The third-order valence-corrected chi connectivity index (χ3v) is 7.25. The van der Waals surface area contributed by atoms with Crippen LogP contribution >= 0.6 is 23.2 Å². The van der Waals surface area contributed by atoms with Gasteiger partial charge in [0.15, 0.2) is 0 Å². The van der Waals surface area contributed by atoms with Crippen LogP contribution in [0.15, 0.2) is 40.9 Å². The van der Waals surface area contributed by atoms with E-state index in [1.807, 2.05) is 30.0 Å². The van der Waals surface area contributed by atoms with E-state index in [-0.39, 0.29) is 17.7 Å². The molecule has 0 aliphatic carbocycles. The fourth-order valence-electron chi connectivity index (χ4n) is 4.89. The number of benzene rings is 2. The van der Waals surface area contributed by atoms with Crippen molar-refractivity contribution in [2.45, 2.75) is 39.2 Å². The number of aromatic nitrogens is 2. The molecule has 8 nitrogen and oxygen atoms in total. The van der Waals surface area contributed by atoms with Crippen LogP contribution in [0.1, 0.15) is 37.1 Å². The molecule has 2 aromatic carbocycles. The van der Waals surface area contributed by atoms with Crippen molar-refractivity contribution in [3.05, 3.63) is 57.9 Å². The highest BCUT2D eigenvalue weighted by atomic mass is 35.5. The van der Waals surface area contributed by atoms with Crippen LogP contribution in [0.2, 0.25) is 10.0 Å². The molecule has 2 aliphatic heterocycles. The van der Waals surface area contributed by atoms with Gasteiger partial charge in [0.2, 0.25) is 23.5 Å². The van der Waals surface area contributed by atoms with Crippen molar-refractivity contribution >= 4 is 46.4 Å². The number of amides is 2. The monoisotopic (exact) mass is 527 g/mol. The molecule has 36 heavy (non-hydrogen) atoms. The van der Waals surface area contributed by atoms with E-state index in [0.29, 0.717) is 46.8 Å². The van der Waals surface area contributed by atoms with Crippen LogP contribution in [0.5, 0.6) is 0 Å². The number of anilines is 2. The second kappa shape index (κ2) is 10.6. The topological polar surface area (TPSA) is 91.6 Å². The molecule has 3 heterocycles. The van der Waals surface area contributed by atoms with E-state index in [1.54, 1.807) is 18.2 Å². The largest absolute Gasteiger partial charge is 0.338 e. The van der Waals surface area contributed by atoms with E-state index >= 15 is 0 Å². The van der Waals surface area contributed by atoms with Gasteiger partial charge in [-0.25, -0.2) is 0 Å². The summed E-state index contributed by atoms with van der Waals surface area (Å²) in [7, 11) is 0. The number of likely N-dealkylation sites (tertiary alicyclic amines) is 1. The van der Waals surface area contributed by atoms with Crippen LogP contribution in [0.25, 0.3) is 11.4 Å². The van der Waals surface area contributed by atoms with Crippen molar-refractivity contribution in [1.29, 1.82) is 0 Å². The van der Waals surface area contributed by atoms with Crippen molar-refractivity contribution < 1.29 is 14.1 Å². The van der Waals surface area contributed by atoms with Gasteiger partial charge < -0.3 is 14.7 Å². The van der Waals surface area contributed by atoms with E-state index in [4.69, 9.17) is 27.7 Å².